The van der Waals surface area contributed by atoms with Gasteiger partial charge in [-0.05, 0) is 29.4 Å². The number of nitro groups is 1. The van der Waals surface area contributed by atoms with E-state index in [0.29, 0.717) is 10.7 Å². The van der Waals surface area contributed by atoms with Gasteiger partial charge in [0.15, 0.2) is 5.03 Å². The molecule has 0 aliphatic rings. The molecule has 1 aromatic rings. The number of thiocarbonyl (C=S) groups is 1. The third kappa shape index (κ3) is 2.12. The molecule has 0 saturated heterocycles. The van der Waals surface area contributed by atoms with Crippen molar-refractivity contribution in [3.05, 3.63) is 40.4 Å². The highest BCUT2D eigenvalue weighted by molar-refractivity contribution is 7.80. The van der Waals surface area contributed by atoms with Crippen molar-refractivity contribution >= 4 is 23.0 Å². The first-order valence-electron chi connectivity index (χ1n) is 3.42. The summed E-state index contributed by atoms with van der Waals surface area (Å²) in [6, 6.07) is 8.21. The van der Waals surface area contributed by atoms with E-state index in [1.807, 2.05) is 0 Å². The number of hydrogen-bond acceptors (Lipinski definition) is 3. The SMILES string of the molecule is NC(=S)N(c1ccccc1)[N+](=O)[O-]. The van der Waals surface area contributed by atoms with Crippen LogP contribution in [0.4, 0.5) is 5.69 Å². The number of hydrazine groups is 1. The standard InChI is InChI=1S/C7H7N3O2S/c8-7(13)9(10(11)12)6-4-2-1-3-5-6/h1-5H,(H2,8,13). The van der Waals surface area contributed by atoms with Gasteiger partial charge in [-0.15, -0.1) is 0 Å². The van der Waals surface area contributed by atoms with Gasteiger partial charge in [-0.1, -0.05) is 18.2 Å². The van der Waals surface area contributed by atoms with Crippen molar-refractivity contribution in [3.63, 3.8) is 0 Å². The van der Waals surface area contributed by atoms with E-state index in [1.54, 1.807) is 30.3 Å². The highest BCUT2D eigenvalue weighted by Crippen LogP contribution is 2.12. The Bertz CT molecular complexity index is 314. The summed E-state index contributed by atoms with van der Waals surface area (Å²) < 4.78 is 0. The fraction of sp³-hybridized carbons (Fsp3) is 0. The van der Waals surface area contributed by atoms with Crippen molar-refractivity contribution in [3.8, 4) is 0 Å². The molecule has 5 nitrogen and oxygen atoms in total. The van der Waals surface area contributed by atoms with Crippen molar-refractivity contribution in [2.24, 2.45) is 5.73 Å². The van der Waals surface area contributed by atoms with E-state index in [0.717, 1.165) is 0 Å². The Hall–Kier alpha value is -1.69. The number of rotatable bonds is 2. The first-order valence-corrected chi connectivity index (χ1v) is 3.82. The number of hydrogen-bond donors (Lipinski definition) is 1. The quantitative estimate of drug-likeness (QED) is 0.433. The molecule has 0 aliphatic heterocycles. The first kappa shape index (κ1) is 9.40. The largest absolute Gasteiger partial charge is 0.371 e. The van der Waals surface area contributed by atoms with Crippen molar-refractivity contribution < 1.29 is 5.03 Å². The van der Waals surface area contributed by atoms with Crippen LogP contribution in [0.25, 0.3) is 0 Å². The van der Waals surface area contributed by atoms with E-state index in [4.69, 9.17) is 5.73 Å². The van der Waals surface area contributed by atoms with Gasteiger partial charge in [0.25, 0.3) is 0 Å². The molecule has 0 heterocycles. The molecule has 0 spiro atoms. The van der Waals surface area contributed by atoms with Crippen LogP contribution in [0, 0.1) is 10.1 Å². The second-order valence-corrected chi connectivity index (χ2v) is 2.64. The number of nitrogens with zero attached hydrogens (tertiary/aromatic N) is 2. The summed E-state index contributed by atoms with van der Waals surface area (Å²) in [6.07, 6.45) is 0. The Morgan fingerprint density at radius 3 is 2.38 bits per heavy atom. The summed E-state index contributed by atoms with van der Waals surface area (Å²) in [4.78, 5) is 10.5. The lowest BCUT2D eigenvalue weighted by molar-refractivity contribution is -0.479. The molecular formula is C7H7N3O2S. The van der Waals surface area contributed by atoms with Gasteiger partial charge in [0.2, 0.25) is 5.11 Å². The minimum Gasteiger partial charge on any atom is -0.371 e. The van der Waals surface area contributed by atoms with Gasteiger partial charge in [-0.3, -0.25) is 0 Å². The smallest absolute Gasteiger partial charge is 0.236 e. The molecule has 0 atom stereocenters. The fourth-order valence-electron chi connectivity index (χ4n) is 0.871. The summed E-state index contributed by atoms with van der Waals surface area (Å²) in [5.74, 6) is 0. The summed E-state index contributed by atoms with van der Waals surface area (Å²) in [6.45, 7) is 0. The molecule has 0 aromatic heterocycles. The predicted molar refractivity (Wildman–Crippen MR) is 52.7 cm³/mol. The van der Waals surface area contributed by atoms with Crippen LogP contribution in [-0.4, -0.2) is 10.1 Å². The van der Waals surface area contributed by atoms with Crippen molar-refractivity contribution in [1.82, 2.24) is 0 Å². The van der Waals surface area contributed by atoms with E-state index >= 15 is 0 Å². The number of benzene rings is 1. The van der Waals surface area contributed by atoms with E-state index in [9.17, 15) is 10.1 Å². The van der Waals surface area contributed by atoms with Crippen LogP contribution in [-0.2, 0) is 0 Å². The first-order chi connectivity index (χ1) is 6.13. The molecule has 2 N–H and O–H groups in total. The molecule has 6 heteroatoms. The Labute approximate surface area is 79.9 Å². The zero-order chi connectivity index (χ0) is 9.84. The van der Waals surface area contributed by atoms with E-state index in [2.05, 4.69) is 12.2 Å². The Kier molecular flexibility index (Phi) is 2.76. The number of para-hydroxylation sites is 1. The van der Waals surface area contributed by atoms with Gasteiger partial charge in [0.1, 0.15) is 5.69 Å². The Morgan fingerprint density at radius 1 is 1.46 bits per heavy atom. The minimum atomic E-state index is -0.655. The predicted octanol–water partition coefficient (Wildman–Crippen LogP) is 0.928. The Morgan fingerprint density at radius 2 is 2.00 bits per heavy atom. The van der Waals surface area contributed by atoms with E-state index < -0.39 is 5.03 Å². The summed E-state index contributed by atoms with van der Waals surface area (Å²) in [5, 5.41) is 10.2. The van der Waals surface area contributed by atoms with Crippen LogP contribution in [0.1, 0.15) is 0 Å². The lowest BCUT2D eigenvalue weighted by Gasteiger charge is -2.10. The lowest BCUT2D eigenvalue weighted by atomic mass is 10.3. The average Bonchev–Trinajstić information content (AvgIpc) is 2.04. The molecule has 0 bridgehead atoms. The number of nitrogens with two attached hydrogens (primary N) is 1. The molecule has 0 unspecified atom stereocenters. The molecule has 1 rings (SSSR count). The molecule has 13 heavy (non-hydrogen) atoms. The molecule has 0 amide bonds. The van der Waals surface area contributed by atoms with E-state index in [-0.39, 0.29) is 5.11 Å². The van der Waals surface area contributed by atoms with Gasteiger partial charge in [-0.25, -0.2) is 10.1 Å². The van der Waals surface area contributed by atoms with Crippen molar-refractivity contribution in [1.29, 1.82) is 0 Å². The molecule has 68 valence electrons. The van der Waals surface area contributed by atoms with Gasteiger partial charge >= 0.3 is 0 Å². The zero-order valence-electron chi connectivity index (χ0n) is 6.58. The maximum atomic E-state index is 10.5. The topological polar surface area (TPSA) is 72.4 Å². The highest BCUT2D eigenvalue weighted by Gasteiger charge is 2.19. The van der Waals surface area contributed by atoms with Crippen molar-refractivity contribution in [2.75, 3.05) is 5.01 Å². The van der Waals surface area contributed by atoms with Gasteiger partial charge in [0, 0.05) is 0 Å². The third-order valence-electron chi connectivity index (χ3n) is 1.37. The minimum absolute atomic E-state index is 0.281. The molecule has 0 radical (unpaired) electrons. The van der Waals surface area contributed by atoms with Crippen LogP contribution in [0.2, 0.25) is 0 Å². The van der Waals surface area contributed by atoms with Crippen LogP contribution < -0.4 is 10.7 Å². The highest BCUT2D eigenvalue weighted by atomic mass is 32.1. The summed E-state index contributed by atoms with van der Waals surface area (Å²) >= 11 is 4.54. The molecule has 1 aromatic carbocycles. The number of anilines is 1. The van der Waals surface area contributed by atoms with Crippen LogP contribution in [0.3, 0.4) is 0 Å². The normalized spacial score (nSPS) is 9.23. The summed E-state index contributed by atoms with van der Waals surface area (Å²) in [7, 11) is 0. The van der Waals surface area contributed by atoms with Crippen LogP contribution in [0.5, 0.6) is 0 Å². The van der Waals surface area contributed by atoms with E-state index in [1.165, 1.54) is 0 Å². The second kappa shape index (κ2) is 3.81. The zero-order valence-corrected chi connectivity index (χ0v) is 7.40. The van der Waals surface area contributed by atoms with Gasteiger partial charge < -0.3 is 5.73 Å². The average molecular weight is 197 g/mol. The Balaban J connectivity index is 3.03. The summed E-state index contributed by atoms with van der Waals surface area (Å²) in [5.41, 5.74) is 5.53. The monoisotopic (exact) mass is 197 g/mol. The maximum absolute atomic E-state index is 10.5. The molecule has 0 aliphatic carbocycles. The molecule has 0 saturated carbocycles. The van der Waals surface area contributed by atoms with Crippen LogP contribution in [0.15, 0.2) is 30.3 Å². The van der Waals surface area contributed by atoms with Gasteiger partial charge in [0.05, 0.1) is 0 Å². The third-order valence-corrected chi connectivity index (χ3v) is 1.55. The fourth-order valence-corrected chi connectivity index (χ4v) is 1.04. The lowest BCUT2D eigenvalue weighted by Crippen LogP contribution is -2.40. The molecular weight excluding hydrogens is 190 g/mol. The van der Waals surface area contributed by atoms with Gasteiger partial charge in [-0.2, -0.15) is 0 Å². The van der Waals surface area contributed by atoms with Crippen molar-refractivity contribution in [2.45, 2.75) is 0 Å². The molecule has 0 fully saturated rings. The second-order valence-electron chi connectivity index (χ2n) is 2.22. The maximum Gasteiger partial charge on any atom is 0.236 e. The van der Waals surface area contributed by atoms with Crippen LogP contribution >= 0.6 is 12.2 Å².